The molecule has 0 spiro atoms. The van der Waals surface area contributed by atoms with Gasteiger partial charge in [-0.25, -0.2) is 0 Å². The number of methoxy groups -OCH3 is 2. The molecule has 1 aromatic carbocycles. The largest absolute Gasteiger partial charge is 0.493 e. The van der Waals surface area contributed by atoms with Crippen molar-refractivity contribution in [2.24, 2.45) is 0 Å². The van der Waals surface area contributed by atoms with Gasteiger partial charge in [0.2, 0.25) is 0 Å². The van der Waals surface area contributed by atoms with Crippen LogP contribution in [-0.4, -0.2) is 25.7 Å². The minimum absolute atomic E-state index is 0.400. The molecule has 1 heterocycles. The molecule has 0 aliphatic carbocycles. The average Bonchev–Trinajstić information content (AvgIpc) is 2.86. The summed E-state index contributed by atoms with van der Waals surface area (Å²) < 4.78 is 15.1. The van der Waals surface area contributed by atoms with Crippen LogP contribution in [-0.2, 0) is 0 Å². The van der Waals surface area contributed by atoms with Crippen LogP contribution in [0.1, 0.15) is 10.4 Å². The van der Waals surface area contributed by atoms with Gasteiger partial charge in [-0.05, 0) is 18.2 Å². The minimum Gasteiger partial charge on any atom is -0.493 e. The van der Waals surface area contributed by atoms with Crippen LogP contribution in [0.2, 0.25) is 0 Å². The van der Waals surface area contributed by atoms with E-state index in [1.807, 2.05) is 0 Å². The molecule has 0 aliphatic heterocycles. The maximum Gasteiger partial charge on any atom is 0.161 e. The second kappa shape index (κ2) is 4.69. The van der Waals surface area contributed by atoms with Crippen LogP contribution in [0.5, 0.6) is 11.5 Å². The van der Waals surface area contributed by atoms with E-state index in [0.29, 0.717) is 29.0 Å². The molecule has 0 aliphatic rings. The molecule has 2 rings (SSSR count). The Morgan fingerprint density at radius 2 is 2.00 bits per heavy atom. The van der Waals surface area contributed by atoms with Crippen molar-refractivity contribution < 1.29 is 18.8 Å². The molecule has 5 heteroatoms. The molecule has 1 aromatic heterocycles. The topological polar surface area (TPSA) is 61.6 Å². The zero-order valence-electron chi connectivity index (χ0n) is 9.47. The van der Waals surface area contributed by atoms with Gasteiger partial charge in [-0.15, -0.1) is 0 Å². The standard InChI is InChI=1S/C12H11NO4/c1-15-10-4-3-8(5-11(10)16-2)12-9(6-14)7-17-13-12/h3-7H,1-2H3. The Bertz CT molecular complexity index is 533. The van der Waals surface area contributed by atoms with Crippen molar-refractivity contribution in [1.29, 1.82) is 0 Å². The first kappa shape index (κ1) is 11.2. The third kappa shape index (κ3) is 1.99. The lowest BCUT2D eigenvalue weighted by Gasteiger charge is -2.08. The fourth-order valence-electron chi connectivity index (χ4n) is 1.53. The summed E-state index contributed by atoms with van der Waals surface area (Å²) in [5.41, 5.74) is 1.62. The Labute approximate surface area is 97.9 Å². The lowest BCUT2D eigenvalue weighted by atomic mass is 10.1. The van der Waals surface area contributed by atoms with Crippen LogP contribution in [0, 0.1) is 0 Å². The number of aldehydes is 1. The van der Waals surface area contributed by atoms with E-state index in [0.717, 1.165) is 5.56 Å². The zero-order valence-corrected chi connectivity index (χ0v) is 9.47. The van der Waals surface area contributed by atoms with E-state index in [9.17, 15) is 4.79 Å². The monoisotopic (exact) mass is 233 g/mol. The van der Waals surface area contributed by atoms with Crippen molar-refractivity contribution >= 4 is 6.29 Å². The first-order valence-corrected chi connectivity index (χ1v) is 4.92. The minimum atomic E-state index is 0.400. The van der Waals surface area contributed by atoms with Gasteiger partial charge in [0.15, 0.2) is 17.8 Å². The number of hydrogen-bond donors (Lipinski definition) is 0. The van der Waals surface area contributed by atoms with E-state index >= 15 is 0 Å². The average molecular weight is 233 g/mol. The number of rotatable bonds is 4. The summed E-state index contributed by atoms with van der Waals surface area (Å²) >= 11 is 0. The highest BCUT2D eigenvalue weighted by Crippen LogP contribution is 2.32. The molecule has 0 saturated carbocycles. The Kier molecular flexibility index (Phi) is 3.09. The van der Waals surface area contributed by atoms with Crippen LogP contribution in [0.3, 0.4) is 0 Å². The molecule has 0 bridgehead atoms. The third-order valence-corrected chi connectivity index (χ3v) is 2.38. The molecule has 2 aromatic rings. The molecular formula is C12H11NO4. The quantitative estimate of drug-likeness (QED) is 0.757. The van der Waals surface area contributed by atoms with Crippen molar-refractivity contribution in [3.8, 4) is 22.8 Å². The fourth-order valence-corrected chi connectivity index (χ4v) is 1.53. The van der Waals surface area contributed by atoms with Crippen LogP contribution < -0.4 is 9.47 Å². The number of nitrogens with zero attached hydrogens (tertiary/aromatic N) is 1. The highest BCUT2D eigenvalue weighted by atomic mass is 16.5. The van der Waals surface area contributed by atoms with Gasteiger partial charge in [-0.3, -0.25) is 4.79 Å². The zero-order chi connectivity index (χ0) is 12.3. The van der Waals surface area contributed by atoms with Crippen molar-refractivity contribution in [3.05, 3.63) is 30.0 Å². The molecule has 0 atom stereocenters. The van der Waals surface area contributed by atoms with Gasteiger partial charge in [0.1, 0.15) is 12.0 Å². The molecular weight excluding hydrogens is 222 g/mol. The normalized spacial score (nSPS) is 10.0. The lowest BCUT2D eigenvalue weighted by molar-refractivity contribution is 0.112. The maximum atomic E-state index is 10.8. The number of aromatic nitrogens is 1. The summed E-state index contributed by atoms with van der Waals surface area (Å²) in [5, 5.41) is 3.79. The van der Waals surface area contributed by atoms with E-state index < -0.39 is 0 Å². The van der Waals surface area contributed by atoms with E-state index in [1.165, 1.54) is 6.26 Å². The third-order valence-electron chi connectivity index (χ3n) is 2.38. The SMILES string of the molecule is COc1ccc(-c2nocc2C=O)cc1OC. The van der Waals surface area contributed by atoms with Gasteiger partial charge in [0, 0.05) is 5.56 Å². The maximum absolute atomic E-state index is 10.8. The van der Waals surface area contributed by atoms with E-state index in [2.05, 4.69) is 5.16 Å². The fraction of sp³-hybridized carbons (Fsp3) is 0.167. The Balaban J connectivity index is 2.50. The van der Waals surface area contributed by atoms with E-state index in [1.54, 1.807) is 32.4 Å². The van der Waals surface area contributed by atoms with Gasteiger partial charge in [-0.1, -0.05) is 5.16 Å². The molecule has 0 N–H and O–H groups in total. The number of benzene rings is 1. The van der Waals surface area contributed by atoms with Crippen LogP contribution in [0.25, 0.3) is 11.3 Å². The molecule has 88 valence electrons. The first-order valence-electron chi connectivity index (χ1n) is 4.92. The number of hydrogen-bond acceptors (Lipinski definition) is 5. The number of carbonyl (C=O) groups excluding carboxylic acids is 1. The molecule has 0 saturated heterocycles. The highest BCUT2D eigenvalue weighted by Gasteiger charge is 2.12. The second-order valence-electron chi connectivity index (χ2n) is 3.31. The summed E-state index contributed by atoms with van der Waals surface area (Å²) in [4.78, 5) is 10.8. The van der Waals surface area contributed by atoms with Crippen molar-refractivity contribution in [3.63, 3.8) is 0 Å². The summed E-state index contributed by atoms with van der Waals surface area (Å²) in [5.74, 6) is 1.19. The molecule has 0 radical (unpaired) electrons. The summed E-state index contributed by atoms with van der Waals surface area (Å²) in [6.45, 7) is 0. The van der Waals surface area contributed by atoms with Crippen molar-refractivity contribution in [1.82, 2.24) is 5.16 Å². The molecule has 0 unspecified atom stereocenters. The predicted octanol–water partition coefficient (Wildman–Crippen LogP) is 2.17. The summed E-state index contributed by atoms with van der Waals surface area (Å²) in [6, 6.07) is 5.27. The number of ether oxygens (including phenoxy) is 2. The van der Waals surface area contributed by atoms with Gasteiger partial charge in [0.25, 0.3) is 0 Å². The van der Waals surface area contributed by atoms with Gasteiger partial charge >= 0.3 is 0 Å². The van der Waals surface area contributed by atoms with E-state index in [-0.39, 0.29) is 0 Å². The van der Waals surface area contributed by atoms with Crippen LogP contribution in [0.4, 0.5) is 0 Å². The molecule has 17 heavy (non-hydrogen) atoms. The van der Waals surface area contributed by atoms with E-state index in [4.69, 9.17) is 14.0 Å². The summed E-state index contributed by atoms with van der Waals surface area (Å²) in [7, 11) is 3.11. The smallest absolute Gasteiger partial charge is 0.161 e. The van der Waals surface area contributed by atoms with Gasteiger partial charge in [-0.2, -0.15) is 0 Å². The van der Waals surface area contributed by atoms with Gasteiger partial charge in [0.05, 0.1) is 19.8 Å². The Morgan fingerprint density at radius 1 is 1.24 bits per heavy atom. The first-order chi connectivity index (χ1) is 8.30. The molecule has 5 nitrogen and oxygen atoms in total. The number of carbonyl (C=O) groups is 1. The van der Waals surface area contributed by atoms with Gasteiger partial charge < -0.3 is 14.0 Å². The van der Waals surface area contributed by atoms with Crippen LogP contribution in [0.15, 0.2) is 29.0 Å². The van der Waals surface area contributed by atoms with Crippen molar-refractivity contribution in [2.75, 3.05) is 14.2 Å². The Morgan fingerprint density at radius 3 is 2.65 bits per heavy atom. The lowest BCUT2D eigenvalue weighted by Crippen LogP contribution is -1.91. The highest BCUT2D eigenvalue weighted by molar-refractivity contribution is 5.85. The second-order valence-corrected chi connectivity index (χ2v) is 3.31. The molecule has 0 fully saturated rings. The summed E-state index contributed by atoms with van der Waals surface area (Å²) in [6.07, 6.45) is 2.00. The predicted molar refractivity (Wildman–Crippen MR) is 60.4 cm³/mol. The van der Waals surface area contributed by atoms with Crippen LogP contribution >= 0.6 is 0 Å². The van der Waals surface area contributed by atoms with Crippen molar-refractivity contribution in [2.45, 2.75) is 0 Å². The Hall–Kier alpha value is -2.30. The molecule has 0 amide bonds.